The fraction of sp³-hybridized carbons (Fsp3) is 0.750. The molecule has 0 heterocycles. The molecule has 0 aromatic rings. The number of nitrogens with two attached hydrogens (primary N) is 1. The fourth-order valence-electron chi connectivity index (χ4n) is 2.04. The molecule has 1 fully saturated rings. The lowest BCUT2D eigenvalue weighted by atomic mass is 9.82. The molecule has 0 saturated heterocycles. The summed E-state index contributed by atoms with van der Waals surface area (Å²) in [4.78, 5) is 11.5. The first-order valence-electron chi connectivity index (χ1n) is 5.41. The highest BCUT2D eigenvalue weighted by Crippen LogP contribution is 2.25. The van der Waals surface area contributed by atoms with Gasteiger partial charge >= 0.3 is 0 Å². The van der Waals surface area contributed by atoms with Crippen LogP contribution in [0.4, 0.5) is 0 Å². The van der Waals surface area contributed by atoms with Gasteiger partial charge in [0, 0.05) is 12.5 Å². The van der Waals surface area contributed by atoms with Gasteiger partial charge in [-0.15, -0.1) is 5.92 Å². The molecular formula is C12H19NO. The molecule has 2 atom stereocenters. The summed E-state index contributed by atoms with van der Waals surface area (Å²) in [6.45, 7) is 1.76. The summed E-state index contributed by atoms with van der Waals surface area (Å²) in [5.74, 6) is 6.22. The van der Waals surface area contributed by atoms with Gasteiger partial charge < -0.3 is 5.73 Å². The van der Waals surface area contributed by atoms with Crippen LogP contribution in [0.5, 0.6) is 0 Å². The maximum Gasteiger partial charge on any atom is 0.145 e. The second-order valence-electron chi connectivity index (χ2n) is 4.05. The molecule has 0 bridgehead atoms. The number of ketones is 1. The number of Topliss-reactive ketones (excluding diaryl/α,β-unsaturated/α-hetero) is 1. The highest BCUT2D eigenvalue weighted by atomic mass is 16.1. The molecule has 1 aliphatic carbocycles. The molecule has 1 saturated carbocycles. The minimum absolute atomic E-state index is 0.238. The first kappa shape index (κ1) is 11.3. The van der Waals surface area contributed by atoms with E-state index in [0.717, 1.165) is 12.8 Å². The number of carbonyl (C=O) groups is 1. The summed E-state index contributed by atoms with van der Waals surface area (Å²) >= 11 is 0. The Morgan fingerprint density at radius 1 is 1.43 bits per heavy atom. The standard InChI is InChI=1S/C12H19NO/c1-2-3-7-11(14)9-10-6-4-5-8-12(10)13/h10,12H,4-9,13H2,1H3. The minimum Gasteiger partial charge on any atom is -0.327 e. The Hall–Kier alpha value is -0.810. The molecule has 0 radical (unpaired) electrons. The summed E-state index contributed by atoms with van der Waals surface area (Å²) in [6.07, 6.45) is 5.69. The quantitative estimate of drug-likeness (QED) is 0.695. The number of rotatable bonds is 3. The average molecular weight is 193 g/mol. The van der Waals surface area contributed by atoms with E-state index in [-0.39, 0.29) is 11.8 Å². The van der Waals surface area contributed by atoms with E-state index < -0.39 is 0 Å². The molecule has 14 heavy (non-hydrogen) atoms. The monoisotopic (exact) mass is 193 g/mol. The van der Waals surface area contributed by atoms with E-state index in [1.165, 1.54) is 12.8 Å². The van der Waals surface area contributed by atoms with E-state index in [4.69, 9.17) is 5.73 Å². The normalized spacial score (nSPS) is 26.4. The van der Waals surface area contributed by atoms with E-state index in [0.29, 0.717) is 18.8 Å². The number of hydrogen-bond acceptors (Lipinski definition) is 2. The third kappa shape index (κ3) is 3.51. The summed E-state index contributed by atoms with van der Waals surface area (Å²) in [5.41, 5.74) is 5.97. The molecular weight excluding hydrogens is 174 g/mol. The van der Waals surface area contributed by atoms with Crippen LogP contribution in [-0.2, 0) is 4.79 Å². The van der Waals surface area contributed by atoms with Gasteiger partial charge in [0.15, 0.2) is 0 Å². The predicted octanol–water partition coefficient (Wildman–Crippen LogP) is 1.88. The Labute approximate surface area is 86.2 Å². The number of carbonyl (C=O) groups excluding carboxylic acids is 1. The van der Waals surface area contributed by atoms with Crippen LogP contribution in [0.1, 0.15) is 45.4 Å². The molecule has 2 N–H and O–H groups in total. The summed E-state index contributed by atoms with van der Waals surface area (Å²) in [5, 5.41) is 0. The van der Waals surface area contributed by atoms with E-state index >= 15 is 0 Å². The van der Waals surface area contributed by atoms with Crippen LogP contribution in [0.3, 0.4) is 0 Å². The van der Waals surface area contributed by atoms with Crippen molar-refractivity contribution in [3.63, 3.8) is 0 Å². The minimum atomic E-state index is 0.238. The predicted molar refractivity (Wildman–Crippen MR) is 57.6 cm³/mol. The third-order valence-corrected chi connectivity index (χ3v) is 2.92. The molecule has 2 nitrogen and oxygen atoms in total. The summed E-state index contributed by atoms with van der Waals surface area (Å²) < 4.78 is 0. The van der Waals surface area contributed by atoms with Crippen LogP contribution in [0.2, 0.25) is 0 Å². The van der Waals surface area contributed by atoms with Crippen molar-refractivity contribution in [2.45, 2.75) is 51.5 Å². The van der Waals surface area contributed by atoms with E-state index in [1.807, 2.05) is 0 Å². The lowest BCUT2D eigenvalue weighted by molar-refractivity contribution is -0.119. The van der Waals surface area contributed by atoms with Crippen LogP contribution >= 0.6 is 0 Å². The largest absolute Gasteiger partial charge is 0.327 e. The van der Waals surface area contributed by atoms with Crippen molar-refractivity contribution in [3.05, 3.63) is 0 Å². The molecule has 1 aliphatic rings. The fourth-order valence-corrected chi connectivity index (χ4v) is 2.04. The van der Waals surface area contributed by atoms with Gasteiger partial charge in [-0.1, -0.05) is 18.8 Å². The van der Waals surface area contributed by atoms with Gasteiger partial charge in [-0.3, -0.25) is 4.79 Å². The molecule has 0 spiro atoms. The van der Waals surface area contributed by atoms with Gasteiger partial charge in [0.25, 0.3) is 0 Å². The second-order valence-corrected chi connectivity index (χ2v) is 4.05. The SMILES string of the molecule is CC#CCC(=O)CC1CCCCC1N. The third-order valence-electron chi connectivity index (χ3n) is 2.92. The molecule has 0 aromatic heterocycles. The van der Waals surface area contributed by atoms with Crippen molar-refractivity contribution in [1.82, 2.24) is 0 Å². The lowest BCUT2D eigenvalue weighted by Gasteiger charge is -2.27. The molecule has 0 aliphatic heterocycles. The number of hydrogen-bond donors (Lipinski definition) is 1. The van der Waals surface area contributed by atoms with Gasteiger partial charge in [-0.05, 0) is 25.7 Å². The summed E-state index contributed by atoms with van der Waals surface area (Å²) in [7, 11) is 0. The van der Waals surface area contributed by atoms with Crippen LogP contribution in [0.15, 0.2) is 0 Å². The van der Waals surface area contributed by atoms with Crippen LogP contribution < -0.4 is 5.73 Å². The zero-order valence-electron chi connectivity index (χ0n) is 8.88. The molecule has 1 rings (SSSR count). The van der Waals surface area contributed by atoms with Crippen molar-refractivity contribution < 1.29 is 4.79 Å². The molecule has 2 heteroatoms. The zero-order chi connectivity index (χ0) is 10.4. The van der Waals surface area contributed by atoms with Crippen molar-refractivity contribution >= 4 is 5.78 Å². The Bertz CT molecular complexity index is 249. The maximum absolute atomic E-state index is 11.5. The molecule has 78 valence electrons. The first-order valence-corrected chi connectivity index (χ1v) is 5.41. The Balaban J connectivity index is 2.33. The van der Waals surface area contributed by atoms with Crippen LogP contribution in [-0.4, -0.2) is 11.8 Å². The topological polar surface area (TPSA) is 43.1 Å². The van der Waals surface area contributed by atoms with Crippen LogP contribution in [0.25, 0.3) is 0 Å². The van der Waals surface area contributed by atoms with E-state index in [2.05, 4.69) is 11.8 Å². The highest BCUT2D eigenvalue weighted by molar-refractivity contribution is 5.81. The van der Waals surface area contributed by atoms with E-state index in [9.17, 15) is 4.79 Å². The molecule has 0 amide bonds. The molecule has 0 aromatic carbocycles. The van der Waals surface area contributed by atoms with Gasteiger partial charge in [0.1, 0.15) is 5.78 Å². The lowest BCUT2D eigenvalue weighted by Crippen LogP contribution is -2.34. The van der Waals surface area contributed by atoms with Crippen molar-refractivity contribution in [1.29, 1.82) is 0 Å². The van der Waals surface area contributed by atoms with Crippen molar-refractivity contribution in [3.8, 4) is 11.8 Å². The maximum atomic E-state index is 11.5. The highest BCUT2D eigenvalue weighted by Gasteiger charge is 2.23. The smallest absolute Gasteiger partial charge is 0.145 e. The van der Waals surface area contributed by atoms with E-state index in [1.54, 1.807) is 6.92 Å². The Kier molecular flexibility index (Phi) is 4.69. The first-order chi connectivity index (χ1) is 6.74. The van der Waals surface area contributed by atoms with Gasteiger partial charge in [0.05, 0.1) is 6.42 Å². The zero-order valence-corrected chi connectivity index (χ0v) is 8.88. The van der Waals surface area contributed by atoms with Crippen molar-refractivity contribution in [2.24, 2.45) is 11.7 Å². The van der Waals surface area contributed by atoms with Crippen molar-refractivity contribution in [2.75, 3.05) is 0 Å². The Morgan fingerprint density at radius 3 is 2.79 bits per heavy atom. The van der Waals surface area contributed by atoms with Gasteiger partial charge in [-0.25, -0.2) is 0 Å². The van der Waals surface area contributed by atoms with Gasteiger partial charge in [0.2, 0.25) is 0 Å². The van der Waals surface area contributed by atoms with Gasteiger partial charge in [-0.2, -0.15) is 0 Å². The average Bonchev–Trinajstić information content (AvgIpc) is 2.18. The second kappa shape index (κ2) is 5.82. The summed E-state index contributed by atoms with van der Waals surface area (Å²) in [6, 6.07) is 0.238. The Morgan fingerprint density at radius 2 is 2.14 bits per heavy atom. The molecule has 2 unspecified atom stereocenters. The van der Waals surface area contributed by atoms with Crippen LogP contribution in [0, 0.1) is 17.8 Å².